The maximum atomic E-state index is 4.47. The lowest BCUT2D eigenvalue weighted by Gasteiger charge is -2.40. The molecule has 2 aliphatic heterocycles. The summed E-state index contributed by atoms with van der Waals surface area (Å²) in [5, 5.41) is 7.19. The van der Waals surface area contributed by atoms with Gasteiger partial charge in [-0.2, -0.15) is 0 Å². The molecule has 0 amide bonds. The molecule has 0 aromatic heterocycles. The van der Waals surface area contributed by atoms with Crippen LogP contribution < -0.4 is 15.5 Å². The maximum Gasteiger partial charge on any atom is 0.191 e. The number of hydrogen-bond donors (Lipinski definition) is 2. The zero-order valence-corrected chi connectivity index (χ0v) is 20.7. The number of nitrogens with one attached hydrogen (secondary N) is 2. The van der Waals surface area contributed by atoms with Gasteiger partial charge in [0.1, 0.15) is 0 Å². The van der Waals surface area contributed by atoms with Crippen molar-refractivity contribution in [2.75, 3.05) is 38.1 Å². The summed E-state index contributed by atoms with van der Waals surface area (Å²) >= 11 is 0. The molecule has 0 bridgehead atoms. The van der Waals surface area contributed by atoms with Crippen LogP contribution in [0.4, 0.5) is 5.69 Å². The van der Waals surface area contributed by atoms with Crippen molar-refractivity contribution in [1.82, 2.24) is 15.5 Å². The molecule has 1 unspecified atom stereocenters. The summed E-state index contributed by atoms with van der Waals surface area (Å²) in [4.78, 5) is 9.58. The first kappa shape index (κ1) is 23.4. The fourth-order valence-corrected chi connectivity index (χ4v) is 4.99. The predicted octanol–water partition coefficient (Wildman–Crippen LogP) is 4.14. The van der Waals surface area contributed by atoms with Crippen LogP contribution in [0.5, 0.6) is 0 Å². The van der Waals surface area contributed by atoms with E-state index in [-0.39, 0.29) is 24.0 Å². The van der Waals surface area contributed by atoms with E-state index in [1.165, 1.54) is 62.7 Å². The van der Waals surface area contributed by atoms with Crippen molar-refractivity contribution in [3.8, 4) is 0 Å². The number of halogens is 1. The second-order valence-corrected chi connectivity index (χ2v) is 8.74. The molecular formula is C24H38IN5. The Morgan fingerprint density at radius 1 is 1.00 bits per heavy atom. The summed E-state index contributed by atoms with van der Waals surface area (Å²) in [6.07, 6.45) is 14.0. The summed E-state index contributed by atoms with van der Waals surface area (Å²) in [6.45, 7) is 5.27. The van der Waals surface area contributed by atoms with Gasteiger partial charge in [0.15, 0.2) is 5.96 Å². The predicted molar refractivity (Wildman–Crippen MR) is 138 cm³/mol. The lowest BCUT2D eigenvalue weighted by molar-refractivity contribution is 0.115. The topological polar surface area (TPSA) is 42.9 Å². The Hall–Kier alpha value is -1.28. The van der Waals surface area contributed by atoms with Gasteiger partial charge < -0.3 is 15.5 Å². The van der Waals surface area contributed by atoms with E-state index in [9.17, 15) is 0 Å². The summed E-state index contributed by atoms with van der Waals surface area (Å²) in [6, 6.07) is 10.2. The largest absolute Gasteiger partial charge is 0.364 e. The Labute approximate surface area is 199 Å². The lowest BCUT2D eigenvalue weighted by Crippen LogP contribution is -2.53. The van der Waals surface area contributed by atoms with Crippen LogP contribution in [0.3, 0.4) is 0 Å². The maximum absolute atomic E-state index is 4.47. The molecule has 6 heteroatoms. The molecule has 0 radical (unpaired) electrons. The van der Waals surface area contributed by atoms with Gasteiger partial charge in [-0.25, -0.2) is 0 Å². The zero-order valence-electron chi connectivity index (χ0n) is 18.4. The van der Waals surface area contributed by atoms with Crippen molar-refractivity contribution in [1.29, 1.82) is 0 Å². The third kappa shape index (κ3) is 6.36. The highest BCUT2D eigenvalue weighted by Gasteiger charge is 2.27. The number of piperidine rings is 1. The third-order valence-corrected chi connectivity index (χ3v) is 6.69. The van der Waals surface area contributed by atoms with E-state index in [0.29, 0.717) is 6.04 Å². The molecule has 1 atom stereocenters. The molecule has 1 saturated heterocycles. The molecule has 2 fully saturated rings. The minimum atomic E-state index is 0. The van der Waals surface area contributed by atoms with Crippen LogP contribution in [-0.4, -0.2) is 56.2 Å². The number of nitrogens with zero attached hydrogens (tertiary/aromatic N) is 3. The van der Waals surface area contributed by atoms with Crippen molar-refractivity contribution >= 4 is 35.6 Å². The number of benzene rings is 1. The molecule has 2 heterocycles. The fourth-order valence-electron chi connectivity index (χ4n) is 4.99. The normalized spacial score (nSPS) is 23.3. The zero-order chi connectivity index (χ0) is 19.9. The standard InChI is InChI=1S/C24H37N5.HI/c1-25-24(26-18-20-11-13-23(14-12-20)28-15-5-6-16-28)27-21-8-7-17-29(19-21)22-9-3-2-4-10-22;/h5-6,11-14,21-22H,2-4,7-10,15-19H2,1H3,(H2,25,26,27);1H. The van der Waals surface area contributed by atoms with E-state index < -0.39 is 0 Å². The second-order valence-electron chi connectivity index (χ2n) is 8.74. The van der Waals surface area contributed by atoms with Gasteiger partial charge in [0.2, 0.25) is 0 Å². The van der Waals surface area contributed by atoms with Crippen LogP contribution in [0, 0.1) is 0 Å². The van der Waals surface area contributed by atoms with Crippen LogP contribution in [0.25, 0.3) is 0 Å². The van der Waals surface area contributed by atoms with Gasteiger partial charge in [-0.15, -0.1) is 24.0 Å². The van der Waals surface area contributed by atoms with Gasteiger partial charge in [-0.05, 0) is 49.9 Å². The van der Waals surface area contributed by atoms with Crippen molar-refractivity contribution in [2.24, 2.45) is 4.99 Å². The van der Waals surface area contributed by atoms with Crippen molar-refractivity contribution in [3.05, 3.63) is 42.0 Å². The van der Waals surface area contributed by atoms with Crippen LogP contribution in [0.2, 0.25) is 0 Å². The number of rotatable bonds is 5. The quantitative estimate of drug-likeness (QED) is 0.264. The highest BCUT2D eigenvalue weighted by atomic mass is 127. The Balaban J connectivity index is 0.00000256. The van der Waals surface area contributed by atoms with Crippen LogP contribution >= 0.6 is 24.0 Å². The highest BCUT2D eigenvalue weighted by Crippen LogP contribution is 2.25. The van der Waals surface area contributed by atoms with Crippen molar-refractivity contribution in [3.63, 3.8) is 0 Å². The molecule has 1 aromatic carbocycles. The Kier molecular flexibility index (Phi) is 9.30. The van der Waals surface area contributed by atoms with E-state index in [1.54, 1.807) is 0 Å². The number of likely N-dealkylation sites (tertiary alicyclic amines) is 1. The molecule has 5 nitrogen and oxygen atoms in total. The Morgan fingerprint density at radius 2 is 1.73 bits per heavy atom. The van der Waals surface area contributed by atoms with E-state index in [1.807, 2.05) is 7.05 Å². The molecule has 30 heavy (non-hydrogen) atoms. The average Bonchev–Trinajstić information content (AvgIpc) is 3.33. The van der Waals surface area contributed by atoms with E-state index in [0.717, 1.165) is 38.2 Å². The molecule has 2 N–H and O–H groups in total. The van der Waals surface area contributed by atoms with Crippen molar-refractivity contribution in [2.45, 2.75) is 63.6 Å². The lowest BCUT2D eigenvalue weighted by atomic mass is 9.92. The second kappa shape index (κ2) is 11.9. The molecule has 4 rings (SSSR count). The smallest absolute Gasteiger partial charge is 0.191 e. The molecule has 1 saturated carbocycles. The molecule has 0 spiro atoms. The summed E-state index contributed by atoms with van der Waals surface area (Å²) in [5.74, 6) is 0.924. The average molecular weight is 524 g/mol. The van der Waals surface area contributed by atoms with Crippen LogP contribution in [0.15, 0.2) is 41.4 Å². The summed E-state index contributed by atoms with van der Waals surface area (Å²) < 4.78 is 0. The van der Waals surface area contributed by atoms with Gasteiger partial charge in [0.25, 0.3) is 0 Å². The Morgan fingerprint density at radius 3 is 2.43 bits per heavy atom. The first-order chi connectivity index (χ1) is 14.3. The van der Waals surface area contributed by atoms with E-state index >= 15 is 0 Å². The minimum Gasteiger partial charge on any atom is -0.364 e. The Bertz CT molecular complexity index is 688. The van der Waals surface area contributed by atoms with Gasteiger partial charge >= 0.3 is 0 Å². The number of anilines is 1. The van der Waals surface area contributed by atoms with Gasteiger partial charge in [0.05, 0.1) is 0 Å². The number of hydrogen-bond acceptors (Lipinski definition) is 3. The van der Waals surface area contributed by atoms with Gasteiger partial charge in [-0.1, -0.05) is 43.5 Å². The van der Waals surface area contributed by atoms with Gasteiger partial charge in [0, 0.05) is 51.0 Å². The SMILES string of the molecule is CN=C(NCc1ccc(N2CC=CC2)cc1)NC1CCCN(C2CCCCC2)C1.I. The van der Waals surface area contributed by atoms with E-state index in [2.05, 4.69) is 61.8 Å². The van der Waals surface area contributed by atoms with Crippen molar-refractivity contribution < 1.29 is 0 Å². The van der Waals surface area contributed by atoms with Crippen LogP contribution in [-0.2, 0) is 6.54 Å². The first-order valence-electron chi connectivity index (χ1n) is 11.5. The van der Waals surface area contributed by atoms with Gasteiger partial charge in [-0.3, -0.25) is 9.89 Å². The van der Waals surface area contributed by atoms with E-state index in [4.69, 9.17) is 0 Å². The number of aliphatic imine (C=N–C) groups is 1. The molecule has 1 aromatic rings. The molecular weight excluding hydrogens is 485 g/mol. The molecule has 166 valence electrons. The monoisotopic (exact) mass is 523 g/mol. The molecule has 3 aliphatic rings. The summed E-state index contributed by atoms with van der Waals surface area (Å²) in [7, 11) is 1.88. The summed E-state index contributed by atoms with van der Waals surface area (Å²) in [5.41, 5.74) is 2.59. The van der Waals surface area contributed by atoms with Crippen LogP contribution in [0.1, 0.15) is 50.5 Å². The molecule has 1 aliphatic carbocycles. The third-order valence-electron chi connectivity index (χ3n) is 6.69. The number of guanidine groups is 1. The highest BCUT2D eigenvalue weighted by molar-refractivity contribution is 14.0. The fraction of sp³-hybridized carbons (Fsp3) is 0.625. The first-order valence-corrected chi connectivity index (χ1v) is 11.5. The minimum absolute atomic E-state index is 0.